The second-order valence-electron chi connectivity index (χ2n) is 5.98. The van der Waals surface area contributed by atoms with Gasteiger partial charge in [0, 0.05) is 39.7 Å². The molecule has 6 nitrogen and oxygen atoms in total. The average Bonchev–Trinajstić information content (AvgIpc) is 2.40. The van der Waals surface area contributed by atoms with Gasteiger partial charge in [0.25, 0.3) is 0 Å². The van der Waals surface area contributed by atoms with Crippen LogP contribution < -0.4 is 0 Å². The Morgan fingerprint density at radius 2 is 2.05 bits per heavy atom. The zero-order valence-corrected chi connectivity index (χ0v) is 12.3. The van der Waals surface area contributed by atoms with E-state index in [-0.39, 0.29) is 24.1 Å². The van der Waals surface area contributed by atoms with Crippen molar-refractivity contribution in [2.75, 3.05) is 33.3 Å². The number of likely N-dealkylation sites (tertiary alicyclic amines) is 1. The van der Waals surface area contributed by atoms with Crippen molar-refractivity contribution in [1.29, 1.82) is 0 Å². The number of carboxylic acid groups (broad SMARTS) is 1. The van der Waals surface area contributed by atoms with Crippen molar-refractivity contribution in [2.45, 2.75) is 44.2 Å². The minimum absolute atomic E-state index is 0.0929. The van der Waals surface area contributed by atoms with E-state index in [2.05, 4.69) is 0 Å². The van der Waals surface area contributed by atoms with Crippen molar-refractivity contribution in [2.24, 2.45) is 0 Å². The van der Waals surface area contributed by atoms with Gasteiger partial charge in [-0.3, -0.25) is 14.5 Å². The van der Waals surface area contributed by atoms with Gasteiger partial charge in [0.1, 0.15) is 0 Å². The molecule has 1 N–H and O–H groups in total. The molecule has 2 aliphatic heterocycles. The monoisotopic (exact) mass is 284 g/mol. The van der Waals surface area contributed by atoms with Gasteiger partial charge in [-0.05, 0) is 25.7 Å². The normalized spacial score (nSPS) is 26.4. The van der Waals surface area contributed by atoms with Crippen LogP contribution in [-0.4, -0.2) is 71.7 Å². The number of carbonyl (C=O) groups excluding carboxylic acids is 1. The van der Waals surface area contributed by atoms with Crippen molar-refractivity contribution in [3.05, 3.63) is 0 Å². The lowest BCUT2D eigenvalue weighted by Gasteiger charge is -2.47. The largest absolute Gasteiger partial charge is 0.480 e. The van der Waals surface area contributed by atoms with Crippen molar-refractivity contribution in [1.82, 2.24) is 9.80 Å². The standard InChI is InChI=1S/C14H24N2O4/c1-11(17)15(2)12-3-8-20-14(9-12)4-6-16(7-5-14)10-13(18)19/h12H,3-10H2,1-2H3,(H,18,19)/t12-/m0/s1. The first-order chi connectivity index (χ1) is 9.42. The zero-order chi connectivity index (χ0) is 14.8. The molecule has 2 rings (SSSR count). The van der Waals surface area contributed by atoms with Crippen LogP contribution in [0.3, 0.4) is 0 Å². The molecule has 1 spiro atoms. The smallest absolute Gasteiger partial charge is 0.317 e. The molecule has 1 atom stereocenters. The minimum Gasteiger partial charge on any atom is -0.480 e. The van der Waals surface area contributed by atoms with Crippen LogP contribution in [0, 0.1) is 0 Å². The molecule has 2 heterocycles. The molecule has 114 valence electrons. The van der Waals surface area contributed by atoms with Gasteiger partial charge in [-0.25, -0.2) is 0 Å². The molecule has 20 heavy (non-hydrogen) atoms. The molecule has 0 aromatic rings. The third kappa shape index (κ3) is 3.49. The van der Waals surface area contributed by atoms with E-state index in [9.17, 15) is 9.59 Å². The summed E-state index contributed by atoms with van der Waals surface area (Å²) in [7, 11) is 1.85. The molecule has 0 bridgehead atoms. The van der Waals surface area contributed by atoms with E-state index < -0.39 is 5.97 Å². The summed E-state index contributed by atoms with van der Waals surface area (Å²) < 4.78 is 6.01. The van der Waals surface area contributed by atoms with Crippen LogP contribution >= 0.6 is 0 Å². The predicted octanol–water partition coefficient (Wildman–Crippen LogP) is 0.563. The molecule has 0 aliphatic carbocycles. The van der Waals surface area contributed by atoms with Gasteiger partial charge in [0.2, 0.25) is 5.91 Å². The maximum absolute atomic E-state index is 11.5. The van der Waals surface area contributed by atoms with E-state index in [1.54, 1.807) is 6.92 Å². The number of aliphatic carboxylic acids is 1. The van der Waals surface area contributed by atoms with Crippen molar-refractivity contribution in [3.8, 4) is 0 Å². The molecule has 0 aromatic carbocycles. The number of nitrogens with zero attached hydrogens (tertiary/aromatic N) is 2. The Bertz CT molecular complexity index is 377. The van der Waals surface area contributed by atoms with Crippen LogP contribution in [0.4, 0.5) is 0 Å². The molecule has 1 amide bonds. The third-order valence-corrected chi connectivity index (χ3v) is 4.64. The summed E-state index contributed by atoms with van der Waals surface area (Å²) in [4.78, 5) is 26.0. The fourth-order valence-corrected chi connectivity index (χ4v) is 3.25. The fraction of sp³-hybridized carbons (Fsp3) is 0.857. The Balaban J connectivity index is 1.92. The number of amides is 1. The topological polar surface area (TPSA) is 70.1 Å². The number of rotatable bonds is 3. The number of carboxylic acids is 1. The lowest BCUT2D eigenvalue weighted by atomic mass is 9.82. The quantitative estimate of drug-likeness (QED) is 0.820. The highest BCUT2D eigenvalue weighted by Gasteiger charge is 2.41. The Hall–Kier alpha value is -1.14. The summed E-state index contributed by atoms with van der Waals surface area (Å²) in [5.41, 5.74) is -0.165. The average molecular weight is 284 g/mol. The lowest BCUT2D eigenvalue weighted by Crippen LogP contribution is -2.54. The van der Waals surface area contributed by atoms with Crippen LogP contribution in [0.2, 0.25) is 0 Å². The zero-order valence-electron chi connectivity index (χ0n) is 12.3. The van der Waals surface area contributed by atoms with Crippen molar-refractivity contribution < 1.29 is 19.4 Å². The van der Waals surface area contributed by atoms with Crippen LogP contribution in [0.15, 0.2) is 0 Å². The maximum Gasteiger partial charge on any atom is 0.317 e. The van der Waals surface area contributed by atoms with Gasteiger partial charge in [0.15, 0.2) is 0 Å². The summed E-state index contributed by atoms with van der Waals surface area (Å²) in [5.74, 6) is -0.685. The first-order valence-electron chi connectivity index (χ1n) is 7.23. The lowest BCUT2D eigenvalue weighted by molar-refractivity contribution is -0.151. The molecule has 0 unspecified atom stereocenters. The van der Waals surface area contributed by atoms with Gasteiger partial charge < -0.3 is 14.7 Å². The SMILES string of the molecule is CC(=O)N(C)[C@H]1CCOC2(CCN(CC(=O)O)CC2)C1. The molecule has 0 saturated carbocycles. The highest BCUT2D eigenvalue weighted by Crippen LogP contribution is 2.36. The molecular formula is C14H24N2O4. The van der Waals surface area contributed by atoms with Crippen LogP contribution in [0.25, 0.3) is 0 Å². The number of carbonyl (C=O) groups is 2. The van der Waals surface area contributed by atoms with Gasteiger partial charge in [0.05, 0.1) is 12.1 Å². The van der Waals surface area contributed by atoms with E-state index in [1.807, 2.05) is 16.8 Å². The minimum atomic E-state index is -0.778. The Labute approximate surface area is 119 Å². The second-order valence-corrected chi connectivity index (χ2v) is 5.98. The molecule has 2 saturated heterocycles. The van der Waals surface area contributed by atoms with Gasteiger partial charge in [-0.1, -0.05) is 0 Å². The number of ether oxygens (including phenoxy) is 1. The maximum atomic E-state index is 11.5. The summed E-state index contributed by atoms with van der Waals surface area (Å²) in [5, 5.41) is 8.83. The number of piperidine rings is 1. The second kappa shape index (κ2) is 6.10. The van der Waals surface area contributed by atoms with Crippen molar-refractivity contribution >= 4 is 11.9 Å². The Kier molecular flexibility index (Phi) is 4.65. The molecule has 0 radical (unpaired) electrons. The van der Waals surface area contributed by atoms with E-state index in [0.717, 1.165) is 38.8 Å². The van der Waals surface area contributed by atoms with Gasteiger partial charge in [-0.2, -0.15) is 0 Å². The highest BCUT2D eigenvalue weighted by atomic mass is 16.5. The third-order valence-electron chi connectivity index (χ3n) is 4.64. The van der Waals surface area contributed by atoms with E-state index in [4.69, 9.17) is 9.84 Å². The summed E-state index contributed by atoms with van der Waals surface area (Å²) >= 11 is 0. The van der Waals surface area contributed by atoms with Crippen LogP contribution in [-0.2, 0) is 14.3 Å². The van der Waals surface area contributed by atoms with E-state index in [1.165, 1.54) is 0 Å². The van der Waals surface area contributed by atoms with Gasteiger partial charge >= 0.3 is 5.97 Å². The summed E-state index contributed by atoms with van der Waals surface area (Å²) in [6.45, 7) is 3.89. The predicted molar refractivity (Wildman–Crippen MR) is 73.5 cm³/mol. The molecular weight excluding hydrogens is 260 g/mol. The highest BCUT2D eigenvalue weighted by molar-refractivity contribution is 5.73. The van der Waals surface area contributed by atoms with E-state index >= 15 is 0 Å². The number of hydrogen-bond acceptors (Lipinski definition) is 4. The van der Waals surface area contributed by atoms with E-state index in [0.29, 0.717) is 6.61 Å². The first kappa shape index (κ1) is 15.3. The molecule has 6 heteroatoms. The van der Waals surface area contributed by atoms with Crippen molar-refractivity contribution in [3.63, 3.8) is 0 Å². The Morgan fingerprint density at radius 3 is 2.60 bits per heavy atom. The fourth-order valence-electron chi connectivity index (χ4n) is 3.25. The molecule has 2 fully saturated rings. The summed E-state index contributed by atoms with van der Waals surface area (Å²) in [6.07, 6.45) is 3.45. The van der Waals surface area contributed by atoms with Crippen LogP contribution in [0.1, 0.15) is 32.6 Å². The van der Waals surface area contributed by atoms with Gasteiger partial charge in [-0.15, -0.1) is 0 Å². The number of hydrogen-bond donors (Lipinski definition) is 1. The Morgan fingerprint density at radius 1 is 1.40 bits per heavy atom. The van der Waals surface area contributed by atoms with Crippen LogP contribution in [0.5, 0.6) is 0 Å². The molecule has 0 aromatic heterocycles. The first-order valence-corrected chi connectivity index (χ1v) is 7.23. The molecule has 2 aliphatic rings. The summed E-state index contributed by atoms with van der Waals surface area (Å²) in [6, 6.07) is 0.243.